The van der Waals surface area contributed by atoms with Crippen molar-refractivity contribution >= 4 is 21.9 Å². The molecule has 150 valence electrons. The molecule has 2 aliphatic rings. The van der Waals surface area contributed by atoms with Gasteiger partial charge in [0.2, 0.25) is 0 Å². The number of aromatic nitrogens is 4. The highest BCUT2D eigenvalue weighted by atomic mass is 16.2. The lowest BCUT2D eigenvalue weighted by molar-refractivity contribution is 0.202. The van der Waals surface area contributed by atoms with Gasteiger partial charge in [0.05, 0.1) is 22.9 Å². The van der Waals surface area contributed by atoms with Gasteiger partial charge in [-0.3, -0.25) is 14.3 Å². The number of nitrogens with zero attached hydrogens (tertiary/aromatic N) is 4. The molecule has 1 atom stereocenters. The summed E-state index contributed by atoms with van der Waals surface area (Å²) in [6.45, 7) is 2.94. The predicted molar refractivity (Wildman–Crippen MR) is 110 cm³/mol. The van der Waals surface area contributed by atoms with Crippen LogP contribution in [0.4, 0.5) is 0 Å². The molecule has 5 rings (SSSR count). The van der Waals surface area contributed by atoms with Crippen LogP contribution in [0.25, 0.3) is 21.9 Å². The summed E-state index contributed by atoms with van der Waals surface area (Å²) in [5.41, 5.74) is 0.651. The Morgan fingerprint density at radius 3 is 2.76 bits per heavy atom. The van der Waals surface area contributed by atoms with Crippen molar-refractivity contribution in [2.75, 3.05) is 19.6 Å². The molecule has 1 aliphatic heterocycles. The molecular formula is C21H24N6O2. The second-order valence-electron chi connectivity index (χ2n) is 8.44. The minimum absolute atomic E-state index is 0.0732. The molecule has 1 aliphatic carbocycles. The second kappa shape index (κ2) is 7.16. The van der Waals surface area contributed by atoms with Crippen LogP contribution in [0.5, 0.6) is 0 Å². The molecule has 8 nitrogen and oxygen atoms in total. The van der Waals surface area contributed by atoms with Gasteiger partial charge < -0.3 is 9.88 Å². The van der Waals surface area contributed by atoms with E-state index < -0.39 is 0 Å². The molecule has 2 fully saturated rings. The van der Waals surface area contributed by atoms with Gasteiger partial charge in [-0.25, -0.2) is 9.78 Å². The molecule has 8 heteroatoms. The number of pyridine rings is 1. The molecule has 1 saturated carbocycles. The van der Waals surface area contributed by atoms with Crippen molar-refractivity contribution < 1.29 is 0 Å². The van der Waals surface area contributed by atoms with E-state index in [1.165, 1.54) is 0 Å². The Balaban J connectivity index is 1.41. The first-order chi connectivity index (χ1) is 14.1. The molecule has 29 heavy (non-hydrogen) atoms. The van der Waals surface area contributed by atoms with E-state index in [2.05, 4.69) is 25.9 Å². The summed E-state index contributed by atoms with van der Waals surface area (Å²) in [4.78, 5) is 37.4. The number of rotatable bonds is 3. The molecule has 4 heterocycles. The van der Waals surface area contributed by atoms with Crippen molar-refractivity contribution in [1.82, 2.24) is 24.4 Å². The number of nitriles is 1. The van der Waals surface area contributed by atoms with Crippen molar-refractivity contribution in [3.05, 3.63) is 39.3 Å². The van der Waals surface area contributed by atoms with Gasteiger partial charge in [-0.15, -0.1) is 0 Å². The fourth-order valence-electron chi connectivity index (χ4n) is 5.15. The number of hydrogen-bond acceptors (Lipinski definition) is 5. The molecule has 3 aromatic heterocycles. The van der Waals surface area contributed by atoms with Gasteiger partial charge in [-0.05, 0) is 50.6 Å². The fraction of sp³-hybridized carbons (Fsp3) is 0.524. The van der Waals surface area contributed by atoms with Crippen molar-refractivity contribution in [2.45, 2.75) is 38.1 Å². The lowest BCUT2D eigenvalue weighted by Crippen LogP contribution is -2.36. The maximum atomic E-state index is 12.8. The van der Waals surface area contributed by atoms with Crippen LogP contribution in [0.3, 0.4) is 0 Å². The average molecular weight is 392 g/mol. The van der Waals surface area contributed by atoms with E-state index in [0.29, 0.717) is 22.5 Å². The number of H-pyrrole nitrogens is 2. The molecule has 2 N–H and O–H groups in total. The lowest BCUT2D eigenvalue weighted by Gasteiger charge is -2.32. The van der Waals surface area contributed by atoms with E-state index in [1.807, 2.05) is 6.07 Å². The topological polar surface area (TPSA) is 111 Å². The van der Waals surface area contributed by atoms with Crippen LogP contribution in [-0.4, -0.2) is 44.1 Å². The summed E-state index contributed by atoms with van der Waals surface area (Å²) < 4.78 is 1.78. The SMILES string of the molecule is N#CC1CCN(C[C@H]2CC[C@H](n3c(=O)[nH]c(=O)c4cnc5[nH]ccc5c43)CC2)C1. The van der Waals surface area contributed by atoms with Crippen molar-refractivity contribution in [2.24, 2.45) is 11.8 Å². The summed E-state index contributed by atoms with van der Waals surface area (Å²) in [7, 11) is 0. The average Bonchev–Trinajstić information content (AvgIpc) is 3.38. The number of fused-ring (bicyclic) bond motifs is 3. The third kappa shape index (κ3) is 3.15. The van der Waals surface area contributed by atoms with E-state index in [0.717, 1.165) is 57.1 Å². The smallest absolute Gasteiger partial charge is 0.329 e. The van der Waals surface area contributed by atoms with E-state index in [1.54, 1.807) is 17.0 Å². The monoisotopic (exact) mass is 392 g/mol. The van der Waals surface area contributed by atoms with Crippen LogP contribution < -0.4 is 11.2 Å². The molecule has 0 amide bonds. The zero-order chi connectivity index (χ0) is 20.0. The van der Waals surface area contributed by atoms with Crippen molar-refractivity contribution in [1.29, 1.82) is 5.26 Å². The van der Waals surface area contributed by atoms with Crippen molar-refractivity contribution in [3.63, 3.8) is 0 Å². The summed E-state index contributed by atoms with van der Waals surface area (Å²) >= 11 is 0. The van der Waals surface area contributed by atoms with Gasteiger partial charge in [0, 0.05) is 36.9 Å². The Labute approximate surface area is 167 Å². The minimum atomic E-state index is -0.383. The molecule has 1 saturated heterocycles. The number of nitrogens with one attached hydrogen (secondary N) is 2. The Bertz CT molecular complexity index is 1210. The Morgan fingerprint density at radius 1 is 1.17 bits per heavy atom. The van der Waals surface area contributed by atoms with Crippen LogP contribution in [-0.2, 0) is 0 Å². The zero-order valence-corrected chi connectivity index (χ0v) is 16.2. The van der Waals surface area contributed by atoms with Crippen LogP contribution in [0.1, 0.15) is 38.1 Å². The largest absolute Gasteiger partial charge is 0.346 e. The highest BCUT2D eigenvalue weighted by molar-refractivity contribution is 6.01. The van der Waals surface area contributed by atoms with E-state index >= 15 is 0 Å². The predicted octanol–water partition coefficient (Wildman–Crippen LogP) is 2.14. The lowest BCUT2D eigenvalue weighted by atomic mass is 9.85. The van der Waals surface area contributed by atoms with Crippen LogP contribution in [0.2, 0.25) is 0 Å². The first-order valence-corrected chi connectivity index (χ1v) is 10.4. The first kappa shape index (κ1) is 18.1. The van der Waals surface area contributed by atoms with Gasteiger partial charge in [0.1, 0.15) is 5.65 Å². The molecule has 1 unspecified atom stereocenters. The summed E-state index contributed by atoms with van der Waals surface area (Å²) in [6.07, 6.45) is 8.23. The third-order valence-electron chi connectivity index (χ3n) is 6.64. The van der Waals surface area contributed by atoms with Crippen LogP contribution in [0, 0.1) is 23.2 Å². The molecule has 0 bridgehead atoms. The number of hydrogen-bond donors (Lipinski definition) is 2. The summed E-state index contributed by atoms with van der Waals surface area (Å²) in [5.74, 6) is 0.775. The maximum Gasteiger partial charge on any atom is 0.329 e. The molecule has 3 aromatic rings. The normalized spacial score (nSPS) is 25.6. The molecular weight excluding hydrogens is 368 g/mol. The standard InChI is InChI=1S/C21H24N6O2/c22-9-14-6-8-26(12-14)11-13-1-3-15(4-2-13)27-18-16-5-7-23-19(16)24-10-17(18)20(28)25-21(27)29/h5,7,10,13-15H,1-4,6,8,11-12H2,(H,23,24)(H,25,28,29)/t13-,14?,15-. The van der Waals surface area contributed by atoms with E-state index in [9.17, 15) is 9.59 Å². The van der Waals surface area contributed by atoms with Crippen LogP contribution >= 0.6 is 0 Å². The summed E-state index contributed by atoms with van der Waals surface area (Å²) in [6, 6.07) is 4.34. The third-order valence-corrected chi connectivity index (χ3v) is 6.64. The first-order valence-electron chi connectivity index (χ1n) is 10.4. The highest BCUT2D eigenvalue weighted by Gasteiger charge is 2.29. The minimum Gasteiger partial charge on any atom is -0.346 e. The fourth-order valence-corrected chi connectivity index (χ4v) is 5.15. The van der Waals surface area contributed by atoms with Gasteiger partial charge in [0.25, 0.3) is 5.56 Å². The zero-order valence-electron chi connectivity index (χ0n) is 16.2. The summed E-state index contributed by atoms with van der Waals surface area (Å²) in [5, 5.41) is 10.4. The second-order valence-corrected chi connectivity index (χ2v) is 8.44. The quantitative estimate of drug-likeness (QED) is 0.709. The Morgan fingerprint density at radius 2 is 2.00 bits per heavy atom. The molecule has 0 aromatic carbocycles. The van der Waals surface area contributed by atoms with E-state index in [4.69, 9.17) is 5.26 Å². The van der Waals surface area contributed by atoms with Gasteiger partial charge in [-0.2, -0.15) is 5.26 Å². The van der Waals surface area contributed by atoms with E-state index in [-0.39, 0.29) is 23.2 Å². The number of aromatic amines is 2. The molecule has 0 spiro atoms. The van der Waals surface area contributed by atoms with Gasteiger partial charge >= 0.3 is 5.69 Å². The van der Waals surface area contributed by atoms with Crippen molar-refractivity contribution in [3.8, 4) is 6.07 Å². The Hall–Kier alpha value is -2.92. The molecule has 0 radical (unpaired) electrons. The maximum absolute atomic E-state index is 12.8. The van der Waals surface area contributed by atoms with Crippen LogP contribution in [0.15, 0.2) is 28.0 Å². The number of likely N-dealkylation sites (tertiary alicyclic amines) is 1. The van der Waals surface area contributed by atoms with Gasteiger partial charge in [-0.1, -0.05) is 0 Å². The van der Waals surface area contributed by atoms with Gasteiger partial charge in [0.15, 0.2) is 0 Å². The highest BCUT2D eigenvalue weighted by Crippen LogP contribution is 2.34. The Kier molecular flexibility index (Phi) is 4.47.